The first-order chi connectivity index (χ1) is 8.54. The van der Waals surface area contributed by atoms with E-state index in [2.05, 4.69) is 10.3 Å². The average molecular weight is 267 g/mol. The highest BCUT2D eigenvalue weighted by molar-refractivity contribution is 7.15. The van der Waals surface area contributed by atoms with Crippen LogP contribution in [0.25, 0.3) is 0 Å². The van der Waals surface area contributed by atoms with Crippen molar-refractivity contribution < 1.29 is 9.59 Å². The van der Waals surface area contributed by atoms with Gasteiger partial charge in [-0.1, -0.05) is 0 Å². The van der Waals surface area contributed by atoms with Crippen LogP contribution in [0.2, 0.25) is 0 Å². The predicted octanol–water partition coefficient (Wildman–Crippen LogP) is 1.65. The minimum atomic E-state index is -0.180. The lowest BCUT2D eigenvalue weighted by molar-refractivity contribution is -0.133. The van der Waals surface area contributed by atoms with Gasteiger partial charge in [-0.05, 0) is 25.7 Å². The number of thiazole rings is 1. The number of aryl methyl sites for hydroxylation is 1. The Kier molecular flexibility index (Phi) is 3.96. The number of aromatic nitrogens is 1. The highest BCUT2D eigenvalue weighted by atomic mass is 32.1. The van der Waals surface area contributed by atoms with Gasteiger partial charge in [0.05, 0.1) is 6.54 Å². The van der Waals surface area contributed by atoms with E-state index in [1.165, 1.54) is 18.3 Å². The third-order valence-corrected chi connectivity index (χ3v) is 3.65. The normalized spacial score (nSPS) is 14.3. The van der Waals surface area contributed by atoms with E-state index in [-0.39, 0.29) is 18.4 Å². The van der Waals surface area contributed by atoms with E-state index in [1.807, 2.05) is 6.92 Å². The molecule has 0 radical (unpaired) electrons. The largest absolute Gasteiger partial charge is 0.333 e. The summed E-state index contributed by atoms with van der Waals surface area (Å²) in [5.41, 5.74) is 0. The van der Waals surface area contributed by atoms with Crippen molar-refractivity contribution in [2.75, 3.05) is 18.4 Å². The fourth-order valence-corrected chi connectivity index (χ4v) is 2.34. The van der Waals surface area contributed by atoms with E-state index in [9.17, 15) is 9.59 Å². The molecule has 1 N–H and O–H groups in total. The summed E-state index contributed by atoms with van der Waals surface area (Å²) in [4.78, 5) is 29.9. The van der Waals surface area contributed by atoms with Crippen LogP contribution in [-0.2, 0) is 9.59 Å². The van der Waals surface area contributed by atoms with Crippen LogP contribution in [-0.4, -0.2) is 34.8 Å². The maximum Gasteiger partial charge on any atom is 0.245 e. The molecule has 0 bridgehead atoms. The Balaban J connectivity index is 1.85. The van der Waals surface area contributed by atoms with Gasteiger partial charge in [0.25, 0.3) is 0 Å². The van der Waals surface area contributed by atoms with Crippen molar-refractivity contribution >= 4 is 28.3 Å². The molecule has 98 valence electrons. The van der Waals surface area contributed by atoms with Gasteiger partial charge in [0.15, 0.2) is 5.13 Å². The summed E-state index contributed by atoms with van der Waals surface area (Å²) >= 11 is 1.43. The maximum atomic E-state index is 11.8. The van der Waals surface area contributed by atoms with E-state index in [0.717, 1.165) is 17.7 Å². The van der Waals surface area contributed by atoms with Crippen LogP contribution in [0.3, 0.4) is 0 Å². The number of amides is 2. The zero-order valence-electron chi connectivity index (χ0n) is 10.6. The van der Waals surface area contributed by atoms with Gasteiger partial charge in [-0.25, -0.2) is 4.98 Å². The molecule has 1 aliphatic carbocycles. The van der Waals surface area contributed by atoms with Gasteiger partial charge in [0.2, 0.25) is 11.8 Å². The average Bonchev–Trinajstić information content (AvgIpc) is 3.01. The third-order valence-electron chi connectivity index (χ3n) is 2.82. The van der Waals surface area contributed by atoms with E-state index in [0.29, 0.717) is 17.6 Å². The number of rotatable bonds is 5. The summed E-state index contributed by atoms with van der Waals surface area (Å²) in [6, 6.07) is 0. The molecule has 5 nitrogen and oxygen atoms in total. The number of anilines is 1. The number of hydrogen-bond acceptors (Lipinski definition) is 4. The van der Waals surface area contributed by atoms with Crippen LogP contribution < -0.4 is 5.32 Å². The Morgan fingerprint density at radius 3 is 2.78 bits per heavy atom. The topological polar surface area (TPSA) is 62.3 Å². The Bertz CT molecular complexity index is 454. The quantitative estimate of drug-likeness (QED) is 0.882. The van der Waals surface area contributed by atoms with E-state index < -0.39 is 0 Å². The first-order valence-corrected chi connectivity index (χ1v) is 6.84. The Morgan fingerprint density at radius 2 is 2.28 bits per heavy atom. The molecule has 6 heteroatoms. The highest BCUT2D eigenvalue weighted by Gasteiger charge is 2.26. The van der Waals surface area contributed by atoms with Gasteiger partial charge in [0, 0.05) is 24.5 Å². The SMILES string of the molecule is CC(=O)N(CC(=O)Nc1ncc(C)s1)CC1CC1. The van der Waals surface area contributed by atoms with Crippen LogP contribution in [0.15, 0.2) is 6.20 Å². The van der Waals surface area contributed by atoms with Gasteiger partial charge < -0.3 is 10.2 Å². The lowest BCUT2D eigenvalue weighted by Crippen LogP contribution is -2.37. The number of nitrogens with zero attached hydrogens (tertiary/aromatic N) is 2. The summed E-state index contributed by atoms with van der Waals surface area (Å²) in [6.45, 7) is 4.25. The van der Waals surface area contributed by atoms with Crippen LogP contribution >= 0.6 is 11.3 Å². The van der Waals surface area contributed by atoms with Crippen molar-refractivity contribution in [2.24, 2.45) is 5.92 Å². The lowest BCUT2D eigenvalue weighted by atomic mass is 10.3. The molecule has 18 heavy (non-hydrogen) atoms. The van der Waals surface area contributed by atoms with E-state index in [4.69, 9.17) is 0 Å². The van der Waals surface area contributed by atoms with Crippen molar-refractivity contribution in [1.29, 1.82) is 0 Å². The van der Waals surface area contributed by atoms with Crippen molar-refractivity contribution in [3.63, 3.8) is 0 Å². The van der Waals surface area contributed by atoms with E-state index in [1.54, 1.807) is 11.1 Å². The second-order valence-electron chi connectivity index (χ2n) is 4.67. The molecule has 2 amide bonds. The van der Waals surface area contributed by atoms with Gasteiger partial charge in [0.1, 0.15) is 0 Å². The third kappa shape index (κ3) is 3.80. The monoisotopic (exact) mass is 267 g/mol. The Morgan fingerprint density at radius 1 is 1.56 bits per heavy atom. The fourth-order valence-electron chi connectivity index (χ4n) is 1.66. The number of nitrogens with one attached hydrogen (secondary N) is 1. The van der Waals surface area contributed by atoms with Crippen LogP contribution in [0.1, 0.15) is 24.6 Å². The van der Waals surface area contributed by atoms with Crippen LogP contribution in [0, 0.1) is 12.8 Å². The molecule has 0 aromatic carbocycles. The summed E-state index contributed by atoms with van der Waals surface area (Å²) < 4.78 is 0. The van der Waals surface area contributed by atoms with Crippen molar-refractivity contribution in [3.8, 4) is 0 Å². The molecule has 1 aliphatic rings. The smallest absolute Gasteiger partial charge is 0.245 e. The fraction of sp³-hybridized carbons (Fsp3) is 0.583. The Labute approximate surface area is 110 Å². The first-order valence-electron chi connectivity index (χ1n) is 6.02. The first kappa shape index (κ1) is 13.0. The number of hydrogen-bond donors (Lipinski definition) is 1. The standard InChI is InChI=1S/C12H17N3O2S/c1-8-5-13-12(18-8)14-11(17)7-15(9(2)16)6-10-3-4-10/h5,10H,3-4,6-7H2,1-2H3,(H,13,14,17). The minimum Gasteiger partial charge on any atom is -0.333 e. The summed E-state index contributed by atoms with van der Waals surface area (Å²) in [7, 11) is 0. The highest BCUT2D eigenvalue weighted by Crippen LogP contribution is 2.29. The second-order valence-corrected chi connectivity index (χ2v) is 5.90. The van der Waals surface area contributed by atoms with Gasteiger partial charge in [-0.3, -0.25) is 9.59 Å². The molecule has 1 heterocycles. The van der Waals surface area contributed by atoms with E-state index >= 15 is 0 Å². The lowest BCUT2D eigenvalue weighted by Gasteiger charge is -2.19. The van der Waals surface area contributed by atoms with Crippen molar-refractivity contribution in [3.05, 3.63) is 11.1 Å². The molecule has 0 aliphatic heterocycles. The minimum absolute atomic E-state index is 0.0487. The Hall–Kier alpha value is -1.43. The predicted molar refractivity (Wildman–Crippen MR) is 70.5 cm³/mol. The van der Waals surface area contributed by atoms with Crippen LogP contribution in [0.4, 0.5) is 5.13 Å². The molecular weight excluding hydrogens is 250 g/mol. The summed E-state index contributed by atoms with van der Waals surface area (Å²) in [5, 5.41) is 3.31. The summed E-state index contributed by atoms with van der Waals surface area (Å²) in [6.07, 6.45) is 4.04. The van der Waals surface area contributed by atoms with Crippen molar-refractivity contribution in [1.82, 2.24) is 9.88 Å². The maximum absolute atomic E-state index is 11.8. The molecule has 1 aromatic rings. The molecule has 0 unspecified atom stereocenters. The second kappa shape index (κ2) is 5.48. The van der Waals surface area contributed by atoms with Gasteiger partial charge in [-0.15, -0.1) is 11.3 Å². The molecular formula is C12H17N3O2S. The number of carbonyl (C=O) groups is 2. The number of carbonyl (C=O) groups excluding carboxylic acids is 2. The zero-order chi connectivity index (χ0) is 13.1. The molecule has 0 saturated heterocycles. The summed E-state index contributed by atoms with van der Waals surface area (Å²) in [5.74, 6) is 0.358. The van der Waals surface area contributed by atoms with Crippen LogP contribution in [0.5, 0.6) is 0 Å². The molecule has 2 rings (SSSR count). The molecule has 1 fully saturated rings. The molecule has 0 spiro atoms. The molecule has 1 aromatic heterocycles. The molecule has 1 saturated carbocycles. The van der Waals surface area contributed by atoms with Crippen molar-refractivity contribution in [2.45, 2.75) is 26.7 Å². The van der Waals surface area contributed by atoms with Gasteiger partial charge >= 0.3 is 0 Å². The zero-order valence-corrected chi connectivity index (χ0v) is 11.4. The van der Waals surface area contributed by atoms with Gasteiger partial charge in [-0.2, -0.15) is 0 Å². The molecule has 0 atom stereocenters.